The molecule has 2 N–H and O–H groups in total. The molecule has 3 heteroatoms. The van der Waals surface area contributed by atoms with Crippen LogP contribution in [0.2, 0.25) is 0 Å². The van der Waals surface area contributed by atoms with Gasteiger partial charge in [0.15, 0.2) is 0 Å². The quantitative estimate of drug-likeness (QED) is 0.744. The second-order valence-corrected chi connectivity index (χ2v) is 5.64. The lowest BCUT2D eigenvalue weighted by atomic mass is 9.84. The van der Waals surface area contributed by atoms with Crippen molar-refractivity contribution in [1.82, 2.24) is 4.90 Å². The second kappa shape index (κ2) is 8.06. The molecule has 1 rings (SSSR count). The van der Waals surface area contributed by atoms with Crippen molar-refractivity contribution < 1.29 is 4.74 Å². The highest BCUT2D eigenvalue weighted by Crippen LogP contribution is 2.26. The van der Waals surface area contributed by atoms with Crippen molar-refractivity contribution in [2.75, 3.05) is 26.8 Å². The molecule has 1 unspecified atom stereocenters. The lowest BCUT2D eigenvalue weighted by Gasteiger charge is -2.34. The van der Waals surface area contributed by atoms with Crippen molar-refractivity contribution in [2.24, 2.45) is 11.7 Å². The number of ether oxygens (including phenoxy) is 1. The number of hydrogen-bond donors (Lipinski definition) is 1. The molecule has 1 atom stereocenters. The molecule has 1 aliphatic rings. The van der Waals surface area contributed by atoms with Crippen LogP contribution in [0.15, 0.2) is 0 Å². The summed E-state index contributed by atoms with van der Waals surface area (Å²) in [4.78, 5) is 2.45. The van der Waals surface area contributed by atoms with E-state index in [2.05, 4.69) is 18.7 Å². The lowest BCUT2D eigenvalue weighted by molar-refractivity contribution is 0.114. The van der Waals surface area contributed by atoms with Gasteiger partial charge in [-0.15, -0.1) is 0 Å². The van der Waals surface area contributed by atoms with Gasteiger partial charge in [0.05, 0.1) is 6.61 Å². The van der Waals surface area contributed by atoms with E-state index in [1.807, 2.05) is 0 Å². The topological polar surface area (TPSA) is 38.5 Å². The molecule has 102 valence electrons. The molecular formula is C14H30N2O. The van der Waals surface area contributed by atoms with E-state index in [1.165, 1.54) is 32.1 Å². The molecule has 0 aromatic rings. The Bertz CT molecular complexity index is 191. The van der Waals surface area contributed by atoms with Crippen molar-refractivity contribution in [2.45, 2.75) is 58.0 Å². The monoisotopic (exact) mass is 242 g/mol. The highest BCUT2D eigenvalue weighted by Gasteiger charge is 2.23. The predicted molar refractivity (Wildman–Crippen MR) is 73.1 cm³/mol. The Morgan fingerprint density at radius 3 is 2.41 bits per heavy atom. The Labute approximate surface area is 107 Å². The van der Waals surface area contributed by atoms with Crippen molar-refractivity contribution in [3.8, 4) is 0 Å². The third-order valence-corrected chi connectivity index (χ3v) is 4.01. The zero-order chi connectivity index (χ0) is 12.7. The summed E-state index contributed by atoms with van der Waals surface area (Å²) in [6.45, 7) is 7.29. The van der Waals surface area contributed by atoms with Gasteiger partial charge in [-0.25, -0.2) is 0 Å². The van der Waals surface area contributed by atoms with E-state index < -0.39 is 0 Å². The van der Waals surface area contributed by atoms with Gasteiger partial charge < -0.3 is 10.5 Å². The SMILES string of the molecule is COCCN(CC(N)C1CCCCC1)C(C)C. The highest BCUT2D eigenvalue weighted by atomic mass is 16.5. The predicted octanol–water partition coefficient (Wildman–Crippen LogP) is 2.25. The fraction of sp³-hybridized carbons (Fsp3) is 1.00. The maximum absolute atomic E-state index is 6.38. The third kappa shape index (κ3) is 5.36. The summed E-state index contributed by atoms with van der Waals surface area (Å²) < 4.78 is 5.17. The van der Waals surface area contributed by atoms with Crippen LogP contribution in [0.25, 0.3) is 0 Å². The minimum atomic E-state index is 0.342. The zero-order valence-electron chi connectivity index (χ0n) is 11.8. The average Bonchev–Trinajstić information content (AvgIpc) is 2.35. The van der Waals surface area contributed by atoms with E-state index in [0.29, 0.717) is 12.1 Å². The van der Waals surface area contributed by atoms with Gasteiger partial charge in [0.1, 0.15) is 0 Å². The molecule has 1 fully saturated rings. The maximum atomic E-state index is 6.38. The van der Waals surface area contributed by atoms with Gasteiger partial charge in [0.2, 0.25) is 0 Å². The van der Waals surface area contributed by atoms with E-state index in [0.717, 1.165) is 25.6 Å². The fourth-order valence-corrected chi connectivity index (χ4v) is 2.75. The zero-order valence-corrected chi connectivity index (χ0v) is 11.8. The summed E-state index contributed by atoms with van der Waals surface area (Å²) >= 11 is 0. The molecule has 0 heterocycles. The minimum Gasteiger partial charge on any atom is -0.383 e. The highest BCUT2D eigenvalue weighted by molar-refractivity contribution is 4.80. The van der Waals surface area contributed by atoms with Crippen LogP contribution >= 0.6 is 0 Å². The molecule has 0 spiro atoms. The number of hydrogen-bond acceptors (Lipinski definition) is 3. The van der Waals surface area contributed by atoms with Crippen molar-refractivity contribution >= 4 is 0 Å². The molecule has 17 heavy (non-hydrogen) atoms. The van der Waals surface area contributed by atoms with Crippen LogP contribution < -0.4 is 5.73 Å². The van der Waals surface area contributed by atoms with Crippen molar-refractivity contribution in [3.63, 3.8) is 0 Å². The summed E-state index contributed by atoms with van der Waals surface area (Å²) in [5.41, 5.74) is 6.38. The Balaban J connectivity index is 2.36. The van der Waals surface area contributed by atoms with Crippen LogP contribution in [0, 0.1) is 5.92 Å². The Morgan fingerprint density at radius 1 is 1.24 bits per heavy atom. The Hall–Kier alpha value is -0.120. The standard InChI is InChI=1S/C14H30N2O/c1-12(2)16(9-10-17-3)11-14(15)13-7-5-4-6-8-13/h12-14H,4-11,15H2,1-3H3. The minimum absolute atomic E-state index is 0.342. The van der Waals surface area contributed by atoms with Gasteiger partial charge in [-0.3, -0.25) is 4.90 Å². The molecule has 0 amide bonds. The van der Waals surface area contributed by atoms with E-state index in [9.17, 15) is 0 Å². The summed E-state index contributed by atoms with van der Waals surface area (Å²) in [6, 6.07) is 0.898. The molecule has 0 bridgehead atoms. The number of nitrogens with zero attached hydrogens (tertiary/aromatic N) is 1. The first kappa shape index (κ1) is 14.9. The number of rotatable bonds is 7. The Morgan fingerprint density at radius 2 is 1.88 bits per heavy atom. The smallest absolute Gasteiger partial charge is 0.0589 e. The van der Waals surface area contributed by atoms with Crippen LogP contribution in [0.1, 0.15) is 46.0 Å². The first-order valence-corrected chi connectivity index (χ1v) is 7.13. The van der Waals surface area contributed by atoms with E-state index >= 15 is 0 Å². The van der Waals surface area contributed by atoms with Gasteiger partial charge in [0.25, 0.3) is 0 Å². The molecule has 0 saturated heterocycles. The van der Waals surface area contributed by atoms with Gasteiger partial charge in [-0.05, 0) is 32.6 Å². The number of methoxy groups -OCH3 is 1. The van der Waals surface area contributed by atoms with Gasteiger partial charge in [-0.1, -0.05) is 19.3 Å². The molecule has 1 aliphatic carbocycles. The van der Waals surface area contributed by atoms with E-state index in [4.69, 9.17) is 10.5 Å². The van der Waals surface area contributed by atoms with E-state index in [-0.39, 0.29) is 0 Å². The molecule has 0 aliphatic heterocycles. The van der Waals surface area contributed by atoms with Crippen LogP contribution in [0.5, 0.6) is 0 Å². The van der Waals surface area contributed by atoms with Gasteiger partial charge >= 0.3 is 0 Å². The second-order valence-electron chi connectivity index (χ2n) is 5.64. The molecule has 0 aromatic carbocycles. The van der Waals surface area contributed by atoms with Crippen LogP contribution in [-0.2, 0) is 4.74 Å². The molecule has 0 aromatic heterocycles. The molecule has 0 radical (unpaired) electrons. The summed E-state index contributed by atoms with van der Waals surface area (Å²) in [7, 11) is 1.76. The largest absolute Gasteiger partial charge is 0.383 e. The van der Waals surface area contributed by atoms with Crippen LogP contribution in [0.4, 0.5) is 0 Å². The molecule has 1 saturated carbocycles. The lowest BCUT2D eigenvalue weighted by Crippen LogP contribution is -2.46. The van der Waals surface area contributed by atoms with E-state index in [1.54, 1.807) is 7.11 Å². The maximum Gasteiger partial charge on any atom is 0.0589 e. The van der Waals surface area contributed by atoms with Crippen molar-refractivity contribution in [1.29, 1.82) is 0 Å². The van der Waals surface area contributed by atoms with Crippen LogP contribution in [-0.4, -0.2) is 43.8 Å². The first-order valence-electron chi connectivity index (χ1n) is 7.13. The molecular weight excluding hydrogens is 212 g/mol. The fourth-order valence-electron chi connectivity index (χ4n) is 2.75. The summed E-state index contributed by atoms with van der Waals surface area (Å²) in [6.07, 6.45) is 6.81. The summed E-state index contributed by atoms with van der Waals surface area (Å²) in [5, 5.41) is 0. The average molecular weight is 242 g/mol. The summed E-state index contributed by atoms with van der Waals surface area (Å²) in [5.74, 6) is 0.743. The van der Waals surface area contributed by atoms with Crippen molar-refractivity contribution in [3.05, 3.63) is 0 Å². The van der Waals surface area contributed by atoms with Gasteiger partial charge in [0, 0.05) is 32.3 Å². The normalized spacial score (nSPS) is 20.1. The van der Waals surface area contributed by atoms with Crippen LogP contribution in [0.3, 0.4) is 0 Å². The molecule has 3 nitrogen and oxygen atoms in total. The Kier molecular flexibility index (Phi) is 7.09. The number of nitrogens with two attached hydrogens (primary N) is 1. The first-order chi connectivity index (χ1) is 8.15. The third-order valence-electron chi connectivity index (χ3n) is 4.01. The van der Waals surface area contributed by atoms with Gasteiger partial charge in [-0.2, -0.15) is 0 Å².